The van der Waals surface area contributed by atoms with Crippen LogP contribution in [-0.4, -0.2) is 53.6 Å². The van der Waals surface area contributed by atoms with Gasteiger partial charge >= 0.3 is 0 Å². The van der Waals surface area contributed by atoms with Crippen LogP contribution in [0.2, 0.25) is 0 Å². The Morgan fingerprint density at radius 3 is 2.95 bits per heavy atom. The Balaban J connectivity index is 1.92. The summed E-state index contributed by atoms with van der Waals surface area (Å²) in [5.74, 6) is 0.698. The van der Waals surface area contributed by atoms with Crippen LogP contribution in [0.4, 0.5) is 5.82 Å². The number of hydrogen-bond donors (Lipinski definition) is 1. The van der Waals surface area contributed by atoms with E-state index in [9.17, 15) is 4.79 Å². The van der Waals surface area contributed by atoms with Crippen molar-refractivity contribution in [3.8, 4) is 0 Å². The Morgan fingerprint density at radius 2 is 2.27 bits per heavy atom. The zero-order valence-corrected chi connectivity index (χ0v) is 13.5. The summed E-state index contributed by atoms with van der Waals surface area (Å²) in [5.41, 5.74) is 0.433. The van der Waals surface area contributed by atoms with Gasteiger partial charge in [-0.05, 0) is 32.1 Å². The SMILES string of the molecule is CCC1CCCCN1C(=O)c1cnc(NCCCOC)cn1. The highest BCUT2D eigenvalue weighted by molar-refractivity contribution is 5.92. The molecule has 0 aliphatic carbocycles. The van der Waals surface area contributed by atoms with Crippen molar-refractivity contribution in [1.29, 1.82) is 0 Å². The van der Waals surface area contributed by atoms with Crippen LogP contribution in [-0.2, 0) is 4.74 Å². The lowest BCUT2D eigenvalue weighted by atomic mass is 10.00. The first-order valence-electron chi connectivity index (χ1n) is 8.12. The van der Waals surface area contributed by atoms with Crippen molar-refractivity contribution in [2.24, 2.45) is 0 Å². The quantitative estimate of drug-likeness (QED) is 0.783. The molecule has 1 fully saturated rings. The fourth-order valence-electron chi connectivity index (χ4n) is 2.80. The van der Waals surface area contributed by atoms with Crippen LogP contribution in [0.15, 0.2) is 12.4 Å². The van der Waals surface area contributed by atoms with Gasteiger partial charge in [0, 0.05) is 32.8 Å². The number of nitrogens with zero attached hydrogens (tertiary/aromatic N) is 3. The maximum atomic E-state index is 12.6. The first-order chi connectivity index (χ1) is 10.8. The van der Waals surface area contributed by atoms with E-state index in [1.165, 1.54) is 6.42 Å². The lowest BCUT2D eigenvalue weighted by Crippen LogP contribution is -2.43. The predicted molar refractivity (Wildman–Crippen MR) is 86.0 cm³/mol. The second-order valence-corrected chi connectivity index (χ2v) is 5.62. The molecular formula is C16H26N4O2. The molecule has 6 nitrogen and oxygen atoms in total. The van der Waals surface area contributed by atoms with Crippen LogP contribution in [0.1, 0.15) is 49.5 Å². The number of carbonyl (C=O) groups is 1. The maximum Gasteiger partial charge on any atom is 0.274 e. The molecular weight excluding hydrogens is 280 g/mol. The molecule has 2 rings (SSSR count). The summed E-state index contributed by atoms with van der Waals surface area (Å²) < 4.78 is 4.99. The molecule has 1 saturated heterocycles. The van der Waals surface area contributed by atoms with Gasteiger partial charge < -0.3 is 15.0 Å². The smallest absolute Gasteiger partial charge is 0.274 e. The standard InChI is InChI=1S/C16H26N4O2/c1-3-13-7-4-5-9-20(13)16(21)14-11-19-15(12-18-14)17-8-6-10-22-2/h11-13H,3-10H2,1-2H3,(H,17,19). The first kappa shape index (κ1) is 16.7. The lowest BCUT2D eigenvalue weighted by Gasteiger charge is -2.34. The number of amides is 1. The Labute approximate surface area is 132 Å². The van der Waals surface area contributed by atoms with Crippen molar-refractivity contribution in [3.63, 3.8) is 0 Å². The number of methoxy groups -OCH3 is 1. The Bertz CT molecular complexity index is 464. The zero-order chi connectivity index (χ0) is 15.8. The lowest BCUT2D eigenvalue weighted by molar-refractivity contribution is 0.0601. The number of ether oxygens (including phenoxy) is 1. The van der Waals surface area contributed by atoms with E-state index < -0.39 is 0 Å². The number of carbonyl (C=O) groups excluding carboxylic acids is 1. The van der Waals surface area contributed by atoms with E-state index in [0.717, 1.165) is 38.8 Å². The zero-order valence-electron chi connectivity index (χ0n) is 13.5. The number of rotatable bonds is 7. The van der Waals surface area contributed by atoms with Gasteiger partial charge in [0.05, 0.1) is 12.4 Å². The first-order valence-corrected chi connectivity index (χ1v) is 8.12. The molecule has 1 unspecified atom stereocenters. The number of aromatic nitrogens is 2. The minimum absolute atomic E-state index is 0.00461. The third-order valence-electron chi connectivity index (χ3n) is 4.06. The monoisotopic (exact) mass is 306 g/mol. The molecule has 1 aromatic rings. The summed E-state index contributed by atoms with van der Waals surface area (Å²) in [5, 5.41) is 3.17. The van der Waals surface area contributed by atoms with Gasteiger partial charge in [-0.25, -0.2) is 9.97 Å². The summed E-state index contributed by atoms with van der Waals surface area (Å²) in [6.07, 6.45) is 8.48. The summed E-state index contributed by atoms with van der Waals surface area (Å²) in [7, 11) is 1.68. The summed E-state index contributed by atoms with van der Waals surface area (Å²) in [6.45, 7) is 4.45. The minimum atomic E-state index is 0.00461. The van der Waals surface area contributed by atoms with Crippen molar-refractivity contribution in [3.05, 3.63) is 18.1 Å². The molecule has 1 N–H and O–H groups in total. The summed E-state index contributed by atoms with van der Waals surface area (Å²) in [4.78, 5) is 23.1. The van der Waals surface area contributed by atoms with Crippen molar-refractivity contribution < 1.29 is 9.53 Å². The van der Waals surface area contributed by atoms with E-state index in [0.29, 0.717) is 24.2 Å². The normalized spacial score (nSPS) is 18.3. The third kappa shape index (κ3) is 4.40. The molecule has 6 heteroatoms. The van der Waals surface area contributed by atoms with E-state index in [1.807, 2.05) is 4.90 Å². The van der Waals surface area contributed by atoms with Crippen LogP contribution in [0.3, 0.4) is 0 Å². The van der Waals surface area contributed by atoms with E-state index in [4.69, 9.17) is 4.74 Å². The molecule has 1 amide bonds. The van der Waals surface area contributed by atoms with E-state index in [-0.39, 0.29) is 5.91 Å². The second kappa shape index (κ2) is 8.68. The third-order valence-corrected chi connectivity index (χ3v) is 4.06. The highest BCUT2D eigenvalue weighted by atomic mass is 16.5. The highest BCUT2D eigenvalue weighted by Crippen LogP contribution is 2.21. The summed E-state index contributed by atoms with van der Waals surface area (Å²) >= 11 is 0. The van der Waals surface area contributed by atoms with Gasteiger partial charge in [0.1, 0.15) is 11.5 Å². The number of likely N-dealkylation sites (tertiary alicyclic amines) is 1. The number of piperidine rings is 1. The average molecular weight is 306 g/mol. The van der Waals surface area contributed by atoms with E-state index in [1.54, 1.807) is 19.5 Å². The minimum Gasteiger partial charge on any atom is -0.385 e. The van der Waals surface area contributed by atoms with Gasteiger partial charge in [-0.2, -0.15) is 0 Å². The van der Waals surface area contributed by atoms with Gasteiger partial charge in [0.2, 0.25) is 0 Å². The molecule has 0 bridgehead atoms. The molecule has 1 atom stereocenters. The van der Waals surface area contributed by atoms with Crippen molar-refractivity contribution in [2.75, 3.05) is 32.1 Å². The molecule has 122 valence electrons. The van der Waals surface area contributed by atoms with Crippen LogP contribution < -0.4 is 5.32 Å². The Kier molecular flexibility index (Phi) is 6.58. The van der Waals surface area contributed by atoms with Gasteiger partial charge in [-0.1, -0.05) is 6.92 Å². The van der Waals surface area contributed by atoms with Crippen LogP contribution in [0.5, 0.6) is 0 Å². The largest absolute Gasteiger partial charge is 0.385 e. The fourth-order valence-corrected chi connectivity index (χ4v) is 2.80. The molecule has 0 spiro atoms. The van der Waals surface area contributed by atoms with E-state index >= 15 is 0 Å². The van der Waals surface area contributed by atoms with E-state index in [2.05, 4.69) is 22.2 Å². The van der Waals surface area contributed by atoms with Crippen molar-refractivity contribution >= 4 is 11.7 Å². The summed E-state index contributed by atoms with van der Waals surface area (Å²) in [6, 6.07) is 0.342. The van der Waals surface area contributed by atoms with Gasteiger partial charge in [0.25, 0.3) is 5.91 Å². The molecule has 1 aliphatic heterocycles. The Morgan fingerprint density at radius 1 is 1.41 bits per heavy atom. The molecule has 1 aromatic heterocycles. The number of anilines is 1. The molecule has 0 aromatic carbocycles. The molecule has 22 heavy (non-hydrogen) atoms. The average Bonchev–Trinajstić information content (AvgIpc) is 2.58. The van der Waals surface area contributed by atoms with Gasteiger partial charge in [-0.3, -0.25) is 4.79 Å². The molecule has 1 aliphatic rings. The Hall–Kier alpha value is -1.69. The fraction of sp³-hybridized carbons (Fsp3) is 0.688. The maximum absolute atomic E-state index is 12.6. The molecule has 2 heterocycles. The van der Waals surface area contributed by atoms with Crippen molar-refractivity contribution in [1.82, 2.24) is 14.9 Å². The van der Waals surface area contributed by atoms with Crippen molar-refractivity contribution in [2.45, 2.75) is 45.1 Å². The van der Waals surface area contributed by atoms with Gasteiger partial charge in [-0.15, -0.1) is 0 Å². The topological polar surface area (TPSA) is 67.4 Å². The van der Waals surface area contributed by atoms with Gasteiger partial charge in [0.15, 0.2) is 0 Å². The van der Waals surface area contributed by atoms with Crippen LogP contribution >= 0.6 is 0 Å². The number of nitrogens with one attached hydrogen (secondary N) is 1. The molecule has 0 saturated carbocycles. The number of hydrogen-bond acceptors (Lipinski definition) is 5. The van der Waals surface area contributed by atoms with Crippen LogP contribution in [0.25, 0.3) is 0 Å². The molecule has 0 radical (unpaired) electrons. The predicted octanol–water partition coefficient (Wildman–Crippen LogP) is 2.33. The highest BCUT2D eigenvalue weighted by Gasteiger charge is 2.26. The second-order valence-electron chi connectivity index (χ2n) is 5.62. The van der Waals surface area contributed by atoms with Crippen LogP contribution in [0, 0.1) is 0 Å².